The van der Waals surface area contributed by atoms with Crippen LogP contribution in [0.1, 0.15) is 53.0 Å². The number of hydrogen-bond acceptors (Lipinski definition) is 0. The van der Waals surface area contributed by atoms with Crippen LogP contribution >= 0.6 is 7.92 Å². The van der Waals surface area contributed by atoms with E-state index in [4.69, 9.17) is 0 Å². The van der Waals surface area contributed by atoms with Crippen molar-refractivity contribution in [1.82, 2.24) is 0 Å². The third-order valence-corrected chi connectivity index (χ3v) is 9.23. The highest BCUT2D eigenvalue weighted by Crippen LogP contribution is 2.57. The van der Waals surface area contributed by atoms with Gasteiger partial charge in [-0.15, -0.1) is 0 Å². The highest BCUT2D eigenvalue weighted by Gasteiger charge is 2.46. The molecule has 2 atom stereocenters. The van der Waals surface area contributed by atoms with E-state index < -0.39 is 7.92 Å². The summed E-state index contributed by atoms with van der Waals surface area (Å²) in [6.45, 7) is 8.95. The second-order valence-electron chi connectivity index (χ2n) is 9.51. The molecule has 2 aliphatic carbocycles. The van der Waals surface area contributed by atoms with Gasteiger partial charge in [0.05, 0.1) is 0 Å². The van der Waals surface area contributed by atoms with Crippen molar-refractivity contribution in [2.45, 2.75) is 52.9 Å². The first-order valence-electron chi connectivity index (χ1n) is 11.0. The number of aryl methyl sites for hydroxylation is 4. The van der Waals surface area contributed by atoms with Crippen LogP contribution in [0.2, 0.25) is 0 Å². The van der Waals surface area contributed by atoms with E-state index in [1.165, 1.54) is 52.1 Å². The average Bonchev–Trinajstić information content (AvgIpc) is 3.26. The lowest BCUT2D eigenvalue weighted by atomic mass is 9.94. The molecule has 0 radical (unpaired) electrons. The summed E-state index contributed by atoms with van der Waals surface area (Å²) in [6.07, 6.45) is 4.30. The van der Waals surface area contributed by atoms with E-state index in [0.717, 1.165) is 17.8 Å². The first kappa shape index (κ1) is 19.1. The van der Waals surface area contributed by atoms with Crippen molar-refractivity contribution in [3.8, 4) is 0 Å². The lowest BCUT2D eigenvalue weighted by molar-refractivity contribution is 0.627. The van der Waals surface area contributed by atoms with Crippen LogP contribution in [0.15, 0.2) is 60.7 Å². The van der Waals surface area contributed by atoms with Gasteiger partial charge in [-0.25, -0.2) is 0 Å². The van der Waals surface area contributed by atoms with E-state index in [9.17, 15) is 0 Å². The van der Waals surface area contributed by atoms with Gasteiger partial charge in [0.1, 0.15) is 0 Å². The molecule has 1 heteroatoms. The van der Waals surface area contributed by atoms with Crippen LogP contribution < -0.4 is 15.9 Å². The lowest BCUT2D eigenvalue weighted by Gasteiger charge is -2.26. The fourth-order valence-electron chi connectivity index (χ4n) is 5.59. The van der Waals surface area contributed by atoms with Crippen molar-refractivity contribution in [2.75, 3.05) is 0 Å². The zero-order chi connectivity index (χ0) is 20.1. The molecule has 0 N–H and O–H groups in total. The van der Waals surface area contributed by atoms with Gasteiger partial charge in [0.25, 0.3) is 0 Å². The van der Waals surface area contributed by atoms with Gasteiger partial charge in [0.2, 0.25) is 0 Å². The second-order valence-corrected chi connectivity index (χ2v) is 11.7. The Morgan fingerprint density at radius 2 is 1.10 bits per heavy atom. The Labute approximate surface area is 177 Å². The van der Waals surface area contributed by atoms with E-state index in [2.05, 4.69) is 88.4 Å². The fourth-order valence-corrected chi connectivity index (χ4v) is 8.53. The minimum atomic E-state index is -0.547. The van der Waals surface area contributed by atoms with Gasteiger partial charge in [-0.2, -0.15) is 0 Å². The van der Waals surface area contributed by atoms with Crippen LogP contribution in [-0.2, 0) is 0 Å². The Kier molecular flexibility index (Phi) is 4.87. The summed E-state index contributed by atoms with van der Waals surface area (Å²) in [5, 5.41) is 4.58. The fraction of sp³-hybridized carbons (Fsp3) is 0.357. The van der Waals surface area contributed by atoms with Crippen molar-refractivity contribution >= 4 is 23.8 Å². The van der Waals surface area contributed by atoms with Crippen LogP contribution in [0.3, 0.4) is 0 Å². The normalized spacial score (nSPS) is 22.7. The molecule has 2 aliphatic rings. The maximum atomic E-state index is 2.44. The Balaban J connectivity index is 1.68. The molecule has 0 bridgehead atoms. The summed E-state index contributed by atoms with van der Waals surface area (Å²) in [5.74, 6) is 2.79. The topological polar surface area (TPSA) is 0 Å². The molecule has 3 aromatic rings. The van der Waals surface area contributed by atoms with Gasteiger partial charge in [-0.3, -0.25) is 0 Å². The van der Waals surface area contributed by atoms with Gasteiger partial charge < -0.3 is 0 Å². The van der Waals surface area contributed by atoms with Crippen molar-refractivity contribution in [2.24, 2.45) is 11.8 Å². The van der Waals surface area contributed by atoms with Gasteiger partial charge in [0, 0.05) is 0 Å². The average molecular weight is 399 g/mol. The second kappa shape index (κ2) is 7.41. The molecule has 148 valence electrons. The third-order valence-electron chi connectivity index (χ3n) is 6.79. The molecular formula is C28H31P. The largest absolute Gasteiger partial charge is 0.0619 e. The zero-order valence-electron chi connectivity index (χ0n) is 18.1. The predicted octanol–water partition coefficient (Wildman–Crippen LogP) is 6.19. The van der Waals surface area contributed by atoms with Crippen LogP contribution in [0, 0.1) is 39.5 Å². The molecule has 2 saturated carbocycles. The van der Waals surface area contributed by atoms with Crippen LogP contribution in [0.25, 0.3) is 0 Å². The Morgan fingerprint density at radius 3 is 1.62 bits per heavy atom. The summed E-state index contributed by atoms with van der Waals surface area (Å²) < 4.78 is 0. The van der Waals surface area contributed by atoms with Crippen molar-refractivity contribution < 1.29 is 0 Å². The number of benzene rings is 3. The third kappa shape index (κ3) is 3.80. The minimum Gasteiger partial charge on any atom is -0.0619 e. The summed E-state index contributed by atoms with van der Waals surface area (Å²) in [7, 11) is -0.547. The van der Waals surface area contributed by atoms with Crippen LogP contribution in [0.4, 0.5) is 0 Å². The molecule has 0 aromatic heterocycles. The molecule has 3 aromatic carbocycles. The Bertz CT molecular complexity index is 962. The van der Waals surface area contributed by atoms with Crippen molar-refractivity contribution in [3.05, 3.63) is 88.5 Å². The SMILES string of the molecule is Cc1cc(C)cc(P(c2cc(C)cc(C)c2)c2ccccc2C2CC3CC3C2)c1. The van der Waals surface area contributed by atoms with E-state index in [1.54, 1.807) is 10.9 Å². The summed E-state index contributed by atoms with van der Waals surface area (Å²) >= 11 is 0. The summed E-state index contributed by atoms with van der Waals surface area (Å²) in [6, 6.07) is 23.7. The van der Waals surface area contributed by atoms with Gasteiger partial charge in [-0.05, 0) is 94.1 Å². The Morgan fingerprint density at radius 1 is 0.621 bits per heavy atom. The number of fused-ring (bicyclic) bond motifs is 1. The molecule has 0 saturated heterocycles. The molecule has 0 amide bonds. The van der Waals surface area contributed by atoms with Crippen molar-refractivity contribution in [1.29, 1.82) is 0 Å². The minimum absolute atomic E-state index is 0.547. The quantitative estimate of drug-likeness (QED) is 0.460. The van der Waals surface area contributed by atoms with Crippen LogP contribution in [0.5, 0.6) is 0 Å². The first-order chi connectivity index (χ1) is 14.0. The zero-order valence-corrected chi connectivity index (χ0v) is 19.0. The monoisotopic (exact) mass is 398 g/mol. The molecular weight excluding hydrogens is 367 g/mol. The van der Waals surface area contributed by atoms with E-state index in [1.807, 2.05) is 0 Å². The highest BCUT2D eigenvalue weighted by atomic mass is 31.1. The summed E-state index contributed by atoms with van der Waals surface area (Å²) in [5.41, 5.74) is 7.12. The van der Waals surface area contributed by atoms with Crippen LogP contribution in [-0.4, -0.2) is 0 Å². The smallest absolute Gasteiger partial charge is 0.0116 e. The number of rotatable bonds is 4. The maximum Gasteiger partial charge on any atom is -0.0116 e. The molecule has 0 aliphatic heterocycles. The van der Waals surface area contributed by atoms with E-state index >= 15 is 0 Å². The van der Waals surface area contributed by atoms with Crippen molar-refractivity contribution in [3.63, 3.8) is 0 Å². The standard InChI is InChI=1S/C28H31P/c1-18-9-19(2)12-25(11-18)29(26-13-20(3)10-21(4)14-26)28-8-6-5-7-27(28)24-16-22-15-23(22)17-24/h5-14,22-24H,15-17H2,1-4H3. The molecule has 0 spiro atoms. The van der Waals surface area contributed by atoms with Gasteiger partial charge in [-0.1, -0.05) is 82.9 Å². The maximum absolute atomic E-state index is 2.44. The molecule has 0 nitrogen and oxygen atoms in total. The van der Waals surface area contributed by atoms with E-state index in [-0.39, 0.29) is 0 Å². The molecule has 29 heavy (non-hydrogen) atoms. The van der Waals surface area contributed by atoms with Gasteiger partial charge >= 0.3 is 0 Å². The highest BCUT2D eigenvalue weighted by molar-refractivity contribution is 7.80. The molecule has 2 fully saturated rings. The predicted molar refractivity (Wildman–Crippen MR) is 128 cm³/mol. The first-order valence-corrected chi connectivity index (χ1v) is 12.4. The Hall–Kier alpha value is -1.91. The lowest BCUT2D eigenvalue weighted by Crippen LogP contribution is -2.25. The van der Waals surface area contributed by atoms with E-state index in [0.29, 0.717) is 0 Å². The molecule has 0 heterocycles. The molecule has 5 rings (SSSR count). The molecule has 2 unspecified atom stereocenters. The van der Waals surface area contributed by atoms with Gasteiger partial charge in [0.15, 0.2) is 0 Å². The number of hydrogen-bond donors (Lipinski definition) is 0. The summed E-state index contributed by atoms with van der Waals surface area (Å²) in [4.78, 5) is 0.